The molecule has 1 fully saturated rings. The van der Waals surface area contributed by atoms with Gasteiger partial charge in [-0.15, -0.1) is 0 Å². The highest BCUT2D eigenvalue weighted by Crippen LogP contribution is 2.36. The van der Waals surface area contributed by atoms with Gasteiger partial charge in [-0.2, -0.15) is 5.10 Å². The second kappa shape index (κ2) is 6.20. The van der Waals surface area contributed by atoms with Crippen LogP contribution in [0.4, 0.5) is 10.5 Å². The third-order valence-electron chi connectivity index (χ3n) is 4.70. The van der Waals surface area contributed by atoms with Gasteiger partial charge in [-0.25, -0.2) is 4.79 Å². The summed E-state index contributed by atoms with van der Waals surface area (Å²) in [5.41, 5.74) is 1.55. The maximum Gasteiger partial charge on any atom is 0.498 e. The smallest absolute Gasteiger partial charge is 0.465 e. The van der Waals surface area contributed by atoms with Crippen molar-refractivity contribution in [3.63, 3.8) is 0 Å². The number of hydrogen-bond donors (Lipinski definition) is 2. The zero-order chi connectivity index (χ0) is 18.2. The van der Waals surface area contributed by atoms with Gasteiger partial charge in [0.25, 0.3) is 0 Å². The zero-order valence-electron chi connectivity index (χ0n) is 14.8. The van der Waals surface area contributed by atoms with E-state index in [2.05, 4.69) is 10.4 Å². The number of aromatic nitrogens is 2. The molecule has 0 bridgehead atoms. The molecule has 0 unspecified atom stereocenters. The van der Waals surface area contributed by atoms with Gasteiger partial charge in [0.05, 0.1) is 17.7 Å². The van der Waals surface area contributed by atoms with E-state index in [-0.39, 0.29) is 0 Å². The maximum absolute atomic E-state index is 10.7. The standard InChI is InChI=1S/C17H22BN3O4/c1-16(2)17(3,4)25-18(24-16)13-9-19-21(11-13)10-12-6-5-7-14(8-12)20-15(22)23/h5-9,11,20H,10H2,1-4H3,(H,22,23). The van der Waals surface area contributed by atoms with Crippen LogP contribution in [0.25, 0.3) is 0 Å². The predicted molar refractivity (Wildman–Crippen MR) is 95.1 cm³/mol. The van der Waals surface area contributed by atoms with Gasteiger partial charge in [0.1, 0.15) is 0 Å². The third-order valence-corrected chi connectivity index (χ3v) is 4.70. The summed E-state index contributed by atoms with van der Waals surface area (Å²) in [6.45, 7) is 8.57. The second-order valence-corrected chi connectivity index (χ2v) is 7.19. The van der Waals surface area contributed by atoms with Crippen molar-refractivity contribution in [2.24, 2.45) is 0 Å². The summed E-state index contributed by atoms with van der Waals surface area (Å²) in [5.74, 6) is 0. The first kappa shape index (κ1) is 17.5. The lowest BCUT2D eigenvalue weighted by molar-refractivity contribution is 0.00578. The van der Waals surface area contributed by atoms with Crippen LogP contribution >= 0.6 is 0 Å². The topological polar surface area (TPSA) is 85.6 Å². The lowest BCUT2D eigenvalue weighted by Gasteiger charge is -2.32. The third kappa shape index (κ3) is 3.70. The molecule has 0 aliphatic carbocycles. The highest BCUT2D eigenvalue weighted by molar-refractivity contribution is 6.62. The average Bonchev–Trinajstić information content (AvgIpc) is 3.01. The van der Waals surface area contributed by atoms with Gasteiger partial charge in [-0.1, -0.05) is 12.1 Å². The molecule has 25 heavy (non-hydrogen) atoms. The first-order valence-electron chi connectivity index (χ1n) is 8.13. The van der Waals surface area contributed by atoms with Gasteiger partial charge in [-0.05, 0) is 45.4 Å². The molecule has 2 heterocycles. The maximum atomic E-state index is 10.7. The SMILES string of the molecule is CC1(C)OB(c2cnn(Cc3cccc(NC(=O)O)c3)c2)OC1(C)C. The lowest BCUT2D eigenvalue weighted by Crippen LogP contribution is -2.41. The summed E-state index contributed by atoms with van der Waals surface area (Å²) >= 11 is 0. The molecule has 0 spiro atoms. The summed E-state index contributed by atoms with van der Waals surface area (Å²) in [4.78, 5) is 10.7. The molecule has 1 saturated heterocycles. The number of carbonyl (C=O) groups is 1. The molecule has 1 aromatic heterocycles. The molecule has 7 nitrogen and oxygen atoms in total. The van der Waals surface area contributed by atoms with E-state index in [9.17, 15) is 4.79 Å². The van der Waals surface area contributed by atoms with Crippen LogP contribution in [0.5, 0.6) is 0 Å². The van der Waals surface area contributed by atoms with Crippen LogP contribution in [0.15, 0.2) is 36.7 Å². The number of hydrogen-bond acceptors (Lipinski definition) is 4. The normalized spacial score (nSPS) is 18.3. The van der Waals surface area contributed by atoms with Gasteiger partial charge in [-0.3, -0.25) is 10.00 Å². The largest absolute Gasteiger partial charge is 0.498 e. The molecule has 8 heteroatoms. The minimum Gasteiger partial charge on any atom is -0.465 e. The quantitative estimate of drug-likeness (QED) is 0.832. The van der Waals surface area contributed by atoms with Crippen molar-refractivity contribution in [3.05, 3.63) is 42.2 Å². The summed E-state index contributed by atoms with van der Waals surface area (Å²) in [5, 5.41) is 15.5. The van der Waals surface area contributed by atoms with Crippen LogP contribution in [0.1, 0.15) is 33.3 Å². The van der Waals surface area contributed by atoms with Gasteiger partial charge < -0.3 is 14.4 Å². The predicted octanol–water partition coefficient (Wildman–Crippen LogP) is 2.32. The number of nitrogens with one attached hydrogen (secondary N) is 1. The summed E-state index contributed by atoms with van der Waals surface area (Å²) in [6, 6.07) is 7.21. The minimum atomic E-state index is -1.08. The summed E-state index contributed by atoms with van der Waals surface area (Å²) in [6.07, 6.45) is 2.54. The van der Waals surface area contributed by atoms with Gasteiger partial charge in [0.2, 0.25) is 0 Å². The molecule has 1 aliphatic heterocycles. The van der Waals surface area contributed by atoms with E-state index < -0.39 is 24.4 Å². The Morgan fingerprint density at radius 3 is 2.60 bits per heavy atom. The van der Waals surface area contributed by atoms with Crippen molar-refractivity contribution in [1.29, 1.82) is 0 Å². The number of nitrogens with zero attached hydrogens (tertiary/aromatic N) is 2. The molecule has 1 amide bonds. The number of amides is 1. The Bertz CT molecular complexity index is 772. The highest BCUT2D eigenvalue weighted by atomic mass is 16.7. The molecule has 3 rings (SSSR count). The van der Waals surface area contributed by atoms with Crippen LogP contribution in [0.3, 0.4) is 0 Å². The van der Waals surface area contributed by atoms with Crippen molar-refractivity contribution in [2.75, 3.05) is 5.32 Å². The van der Waals surface area contributed by atoms with E-state index in [0.717, 1.165) is 11.0 Å². The molecular formula is C17H22BN3O4. The minimum absolute atomic E-state index is 0.392. The molecule has 2 N–H and O–H groups in total. The summed E-state index contributed by atoms with van der Waals surface area (Å²) in [7, 11) is -0.446. The van der Waals surface area contributed by atoms with Crippen LogP contribution in [0.2, 0.25) is 0 Å². The molecule has 1 aliphatic rings. The molecular weight excluding hydrogens is 321 g/mol. The fourth-order valence-electron chi connectivity index (χ4n) is 2.62. The molecule has 0 atom stereocenters. The van der Waals surface area contributed by atoms with Crippen LogP contribution in [0, 0.1) is 0 Å². The fourth-order valence-corrected chi connectivity index (χ4v) is 2.62. The van der Waals surface area contributed by atoms with Crippen molar-refractivity contribution < 1.29 is 19.2 Å². The highest BCUT2D eigenvalue weighted by Gasteiger charge is 2.52. The molecule has 0 saturated carbocycles. The van der Waals surface area contributed by atoms with Gasteiger partial charge in [0.15, 0.2) is 0 Å². The van der Waals surface area contributed by atoms with Crippen molar-refractivity contribution >= 4 is 24.4 Å². The molecule has 132 valence electrons. The number of benzene rings is 1. The summed E-state index contributed by atoms with van der Waals surface area (Å²) < 4.78 is 13.8. The van der Waals surface area contributed by atoms with E-state index in [1.54, 1.807) is 29.1 Å². The fraction of sp³-hybridized carbons (Fsp3) is 0.412. The van der Waals surface area contributed by atoms with Crippen LogP contribution in [-0.4, -0.2) is 39.3 Å². The zero-order valence-corrected chi connectivity index (χ0v) is 14.8. The van der Waals surface area contributed by atoms with Crippen LogP contribution < -0.4 is 10.8 Å². The second-order valence-electron chi connectivity index (χ2n) is 7.19. The molecule has 0 radical (unpaired) electrons. The Balaban J connectivity index is 1.72. The van der Waals surface area contributed by atoms with Crippen LogP contribution in [-0.2, 0) is 15.9 Å². The van der Waals surface area contributed by atoms with E-state index in [1.807, 2.05) is 40.0 Å². The lowest BCUT2D eigenvalue weighted by atomic mass is 9.82. The Labute approximate surface area is 147 Å². The van der Waals surface area contributed by atoms with Gasteiger partial charge >= 0.3 is 13.2 Å². The van der Waals surface area contributed by atoms with Crippen molar-refractivity contribution in [3.8, 4) is 0 Å². The van der Waals surface area contributed by atoms with E-state index >= 15 is 0 Å². The van der Waals surface area contributed by atoms with Crippen molar-refractivity contribution in [1.82, 2.24) is 9.78 Å². The average molecular weight is 343 g/mol. The Kier molecular flexibility index (Phi) is 4.34. The number of anilines is 1. The van der Waals surface area contributed by atoms with E-state index in [0.29, 0.717) is 12.2 Å². The monoisotopic (exact) mass is 343 g/mol. The Hall–Kier alpha value is -2.32. The van der Waals surface area contributed by atoms with Gasteiger partial charge in [0, 0.05) is 23.5 Å². The van der Waals surface area contributed by atoms with E-state index in [1.165, 1.54) is 0 Å². The number of carboxylic acid groups (broad SMARTS) is 1. The number of rotatable bonds is 4. The Morgan fingerprint density at radius 2 is 1.96 bits per heavy atom. The first-order valence-corrected chi connectivity index (χ1v) is 8.13. The van der Waals surface area contributed by atoms with Crippen molar-refractivity contribution in [2.45, 2.75) is 45.4 Å². The molecule has 1 aromatic carbocycles. The Morgan fingerprint density at radius 1 is 1.28 bits per heavy atom. The first-order chi connectivity index (χ1) is 11.7. The molecule has 2 aromatic rings. The van der Waals surface area contributed by atoms with E-state index in [4.69, 9.17) is 14.4 Å².